The number of ether oxygens (including phenoxy) is 2. The summed E-state index contributed by atoms with van der Waals surface area (Å²) in [7, 11) is 0. The van der Waals surface area contributed by atoms with E-state index in [4.69, 9.17) is 9.47 Å². The molecule has 4 heteroatoms. The lowest BCUT2D eigenvalue weighted by atomic mass is 10.1. The van der Waals surface area contributed by atoms with Gasteiger partial charge in [-0.1, -0.05) is 0 Å². The molecule has 2 atom stereocenters. The third kappa shape index (κ3) is 1.70. The van der Waals surface area contributed by atoms with E-state index in [-0.39, 0.29) is 5.78 Å². The average Bonchev–Trinajstić information content (AvgIpc) is 2.25. The van der Waals surface area contributed by atoms with Gasteiger partial charge in [0, 0.05) is 0 Å². The van der Waals surface area contributed by atoms with Crippen molar-refractivity contribution in [2.75, 3.05) is 0 Å². The van der Waals surface area contributed by atoms with Crippen LogP contribution in [0.2, 0.25) is 0 Å². The van der Waals surface area contributed by atoms with Crippen LogP contribution in [0.15, 0.2) is 0 Å². The Kier molecular flexibility index (Phi) is 2.30. The third-order valence-corrected chi connectivity index (χ3v) is 1.66. The molecule has 1 aliphatic rings. The van der Waals surface area contributed by atoms with Crippen LogP contribution in [0.4, 0.5) is 0 Å². The third-order valence-electron chi connectivity index (χ3n) is 1.66. The number of carbonyl (C=O) groups excluding carboxylic acids is 2. The van der Waals surface area contributed by atoms with E-state index in [0.717, 1.165) is 0 Å². The minimum atomic E-state index is -0.831. The fraction of sp³-hybridized carbons (Fsp3) is 0.750. The molecule has 68 valence electrons. The number of Topliss-reactive ketones (excluding diaryl/α,β-unsaturated/α-hetero) is 1. The van der Waals surface area contributed by atoms with Crippen LogP contribution in [0.25, 0.3) is 0 Å². The van der Waals surface area contributed by atoms with Crippen molar-refractivity contribution in [2.45, 2.75) is 38.8 Å². The molecule has 1 aliphatic heterocycles. The van der Waals surface area contributed by atoms with Crippen molar-refractivity contribution in [3.05, 3.63) is 0 Å². The van der Waals surface area contributed by atoms with Gasteiger partial charge in [0.1, 0.15) is 6.10 Å². The van der Waals surface area contributed by atoms with Crippen LogP contribution in [0.3, 0.4) is 0 Å². The molecule has 0 radical (unpaired) electrons. The molecule has 0 bridgehead atoms. The van der Waals surface area contributed by atoms with Gasteiger partial charge in [0.05, 0.1) is 0 Å². The zero-order valence-electron chi connectivity index (χ0n) is 7.37. The molecule has 0 unspecified atom stereocenters. The predicted molar refractivity (Wildman–Crippen MR) is 40.6 cm³/mol. The molecule has 0 saturated carbocycles. The zero-order chi connectivity index (χ0) is 9.35. The highest BCUT2D eigenvalue weighted by Crippen LogP contribution is 2.27. The SMILES string of the molecule is CC(=O)[C@H]1OC(C)(C)O[C@H]1C=O. The second-order valence-corrected chi connectivity index (χ2v) is 3.27. The Bertz CT molecular complexity index is 209. The molecule has 0 spiro atoms. The van der Waals surface area contributed by atoms with Crippen LogP contribution in [-0.2, 0) is 19.1 Å². The first kappa shape index (κ1) is 9.35. The highest BCUT2D eigenvalue weighted by atomic mass is 16.8. The number of hydrogen-bond acceptors (Lipinski definition) is 4. The van der Waals surface area contributed by atoms with E-state index in [1.807, 2.05) is 0 Å². The van der Waals surface area contributed by atoms with Gasteiger partial charge in [0.25, 0.3) is 0 Å². The van der Waals surface area contributed by atoms with Gasteiger partial charge < -0.3 is 14.3 Å². The Labute approximate surface area is 70.8 Å². The van der Waals surface area contributed by atoms with Gasteiger partial charge in [-0.15, -0.1) is 0 Å². The molecule has 1 heterocycles. The summed E-state index contributed by atoms with van der Waals surface area (Å²) in [5, 5.41) is 0. The van der Waals surface area contributed by atoms with Gasteiger partial charge in [-0.25, -0.2) is 0 Å². The van der Waals surface area contributed by atoms with Crippen molar-refractivity contribution in [2.24, 2.45) is 0 Å². The summed E-state index contributed by atoms with van der Waals surface area (Å²) < 4.78 is 10.4. The van der Waals surface area contributed by atoms with Crippen molar-refractivity contribution in [3.63, 3.8) is 0 Å². The van der Waals surface area contributed by atoms with Crippen LogP contribution >= 0.6 is 0 Å². The van der Waals surface area contributed by atoms with E-state index in [2.05, 4.69) is 0 Å². The Morgan fingerprint density at radius 2 is 2.00 bits per heavy atom. The van der Waals surface area contributed by atoms with Gasteiger partial charge in [0.15, 0.2) is 24.0 Å². The molecular weight excluding hydrogens is 160 g/mol. The minimum absolute atomic E-state index is 0.183. The summed E-state index contributed by atoms with van der Waals surface area (Å²) in [5.41, 5.74) is 0. The summed E-state index contributed by atoms with van der Waals surface area (Å²) in [5.74, 6) is -1.01. The number of aldehydes is 1. The number of hydrogen-bond donors (Lipinski definition) is 0. The average molecular weight is 172 g/mol. The van der Waals surface area contributed by atoms with Gasteiger partial charge in [-0.05, 0) is 20.8 Å². The van der Waals surface area contributed by atoms with E-state index >= 15 is 0 Å². The van der Waals surface area contributed by atoms with Gasteiger partial charge in [-0.2, -0.15) is 0 Å². The lowest BCUT2D eigenvalue weighted by Crippen LogP contribution is -2.30. The first-order chi connectivity index (χ1) is 5.46. The maximum atomic E-state index is 10.9. The molecule has 0 amide bonds. The van der Waals surface area contributed by atoms with Gasteiger partial charge >= 0.3 is 0 Å². The van der Waals surface area contributed by atoms with Crippen molar-refractivity contribution in [3.8, 4) is 0 Å². The Balaban J connectivity index is 2.76. The van der Waals surface area contributed by atoms with Gasteiger partial charge in [0.2, 0.25) is 0 Å². The second kappa shape index (κ2) is 2.95. The summed E-state index contributed by atoms with van der Waals surface area (Å²) in [4.78, 5) is 21.4. The maximum Gasteiger partial charge on any atom is 0.164 e. The van der Waals surface area contributed by atoms with Crippen molar-refractivity contribution >= 4 is 12.1 Å². The molecule has 1 rings (SSSR count). The first-order valence-electron chi connectivity index (χ1n) is 3.77. The Morgan fingerprint density at radius 3 is 2.33 bits per heavy atom. The molecule has 1 saturated heterocycles. The minimum Gasteiger partial charge on any atom is -0.337 e. The van der Waals surface area contributed by atoms with Crippen LogP contribution < -0.4 is 0 Å². The molecule has 1 fully saturated rings. The summed E-state index contributed by atoms with van der Waals surface area (Å²) in [6, 6.07) is 0. The largest absolute Gasteiger partial charge is 0.337 e. The summed E-state index contributed by atoms with van der Waals surface area (Å²) >= 11 is 0. The van der Waals surface area contributed by atoms with E-state index < -0.39 is 18.0 Å². The molecule has 0 aliphatic carbocycles. The van der Waals surface area contributed by atoms with Gasteiger partial charge in [-0.3, -0.25) is 4.79 Å². The van der Waals surface area contributed by atoms with Crippen molar-refractivity contribution < 1.29 is 19.1 Å². The van der Waals surface area contributed by atoms with E-state index in [1.54, 1.807) is 13.8 Å². The number of carbonyl (C=O) groups is 2. The molecule has 0 N–H and O–H groups in total. The molecular formula is C8H12O4. The van der Waals surface area contributed by atoms with E-state index in [9.17, 15) is 9.59 Å². The monoisotopic (exact) mass is 172 g/mol. The first-order valence-corrected chi connectivity index (χ1v) is 3.77. The normalized spacial score (nSPS) is 33.2. The standard InChI is InChI=1S/C8H12O4/c1-5(10)7-6(4-9)11-8(2,3)12-7/h4,6-7H,1-3H3/t6-,7+/m0/s1. The maximum absolute atomic E-state index is 10.9. The fourth-order valence-corrected chi connectivity index (χ4v) is 1.20. The lowest BCUT2D eigenvalue weighted by molar-refractivity contribution is -0.155. The molecule has 0 aromatic carbocycles. The molecule has 12 heavy (non-hydrogen) atoms. The van der Waals surface area contributed by atoms with E-state index in [0.29, 0.717) is 6.29 Å². The van der Waals surface area contributed by atoms with E-state index in [1.165, 1.54) is 6.92 Å². The zero-order valence-corrected chi connectivity index (χ0v) is 7.37. The smallest absolute Gasteiger partial charge is 0.164 e. The Hall–Kier alpha value is -0.740. The van der Waals surface area contributed by atoms with Crippen LogP contribution in [0.5, 0.6) is 0 Å². The van der Waals surface area contributed by atoms with Crippen LogP contribution in [-0.4, -0.2) is 30.1 Å². The molecule has 4 nitrogen and oxygen atoms in total. The van der Waals surface area contributed by atoms with Crippen molar-refractivity contribution in [1.82, 2.24) is 0 Å². The van der Waals surface area contributed by atoms with Crippen molar-refractivity contribution in [1.29, 1.82) is 0 Å². The van der Waals surface area contributed by atoms with Crippen LogP contribution in [0, 0.1) is 0 Å². The Morgan fingerprint density at radius 1 is 1.42 bits per heavy atom. The molecule has 0 aromatic rings. The second-order valence-electron chi connectivity index (χ2n) is 3.27. The predicted octanol–water partition coefficient (Wildman–Crippen LogP) is 0.294. The lowest BCUT2D eigenvalue weighted by Gasteiger charge is -2.15. The highest BCUT2D eigenvalue weighted by Gasteiger charge is 2.43. The fourth-order valence-electron chi connectivity index (χ4n) is 1.20. The summed E-state index contributed by atoms with van der Waals surface area (Å²) in [6.07, 6.45) is -0.893. The quantitative estimate of drug-likeness (QED) is 0.562. The molecule has 0 aromatic heterocycles. The summed E-state index contributed by atoms with van der Waals surface area (Å²) in [6.45, 7) is 4.73. The van der Waals surface area contributed by atoms with Crippen LogP contribution in [0.1, 0.15) is 20.8 Å². The number of rotatable bonds is 2. The topological polar surface area (TPSA) is 52.6 Å². The highest BCUT2D eigenvalue weighted by molar-refractivity contribution is 5.85. The number of ketones is 1.